The van der Waals surface area contributed by atoms with Crippen molar-refractivity contribution in [1.29, 1.82) is 0 Å². The Bertz CT molecular complexity index is 885. The maximum absolute atomic E-state index is 13.2. The molecule has 2 amide bonds. The first-order valence-corrected chi connectivity index (χ1v) is 13.5. The van der Waals surface area contributed by atoms with Crippen LogP contribution in [0.3, 0.4) is 0 Å². The summed E-state index contributed by atoms with van der Waals surface area (Å²) < 4.78 is 0. The summed E-state index contributed by atoms with van der Waals surface area (Å²) in [7, 11) is 0. The number of likely N-dealkylation sites (tertiary alicyclic amines) is 1. The van der Waals surface area contributed by atoms with Gasteiger partial charge in [-0.3, -0.25) is 9.59 Å². The molecule has 0 aromatic carbocycles. The van der Waals surface area contributed by atoms with Gasteiger partial charge in [-0.25, -0.2) is 0 Å². The zero-order valence-corrected chi connectivity index (χ0v) is 22.3. The van der Waals surface area contributed by atoms with Crippen LogP contribution in [0.4, 0.5) is 0 Å². The maximum atomic E-state index is 13.2. The van der Waals surface area contributed by atoms with E-state index in [0.717, 1.165) is 43.7 Å². The van der Waals surface area contributed by atoms with E-state index >= 15 is 0 Å². The molecule has 0 aromatic heterocycles. The van der Waals surface area contributed by atoms with Gasteiger partial charge in [-0.1, -0.05) is 39.8 Å². The molecule has 2 heterocycles. The minimum atomic E-state index is -0.0967. The van der Waals surface area contributed by atoms with Crippen LogP contribution in [-0.2, 0) is 9.59 Å². The van der Waals surface area contributed by atoms with Crippen LogP contribution in [0.5, 0.6) is 0 Å². The van der Waals surface area contributed by atoms with Gasteiger partial charge in [-0.15, -0.1) is 0 Å². The van der Waals surface area contributed by atoms with Crippen molar-refractivity contribution >= 4 is 11.8 Å². The molecule has 1 aliphatic carbocycles. The number of hydrogen-bond donors (Lipinski definition) is 2. The van der Waals surface area contributed by atoms with Crippen LogP contribution in [-0.4, -0.2) is 47.3 Å². The van der Waals surface area contributed by atoms with Gasteiger partial charge in [0.25, 0.3) is 5.91 Å². The lowest BCUT2D eigenvalue weighted by Crippen LogP contribution is -2.47. The fraction of sp³-hybridized carbons (Fsp3) is 0.655. The summed E-state index contributed by atoms with van der Waals surface area (Å²) in [4.78, 5) is 29.9. The molecule has 0 bridgehead atoms. The zero-order valence-electron chi connectivity index (χ0n) is 22.3. The first-order chi connectivity index (χ1) is 16.7. The fourth-order valence-corrected chi connectivity index (χ4v) is 6.18. The van der Waals surface area contributed by atoms with E-state index in [9.17, 15) is 9.59 Å². The third-order valence-corrected chi connectivity index (χ3v) is 8.23. The molecule has 2 aliphatic heterocycles. The average Bonchev–Trinajstić information content (AvgIpc) is 2.83. The highest BCUT2D eigenvalue weighted by atomic mass is 16.2. The molecule has 1 saturated heterocycles. The smallest absolute Gasteiger partial charge is 0.268 e. The summed E-state index contributed by atoms with van der Waals surface area (Å²) in [6.07, 6.45) is 15.7. The predicted octanol–water partition coefficient (Wildman–Crippen LogP) is 4.86. The summed E-state index contributed by atoms with van der Waals surface area (Å²) in [6, 6.07) is 0.135. The number of carbonyl (C=O) groups excluding carboxylic acids is 2. The molecule has 6 heteroatoms. The van der Waals surface area contributed by atoms with Gasteiger partial charge in [0, 0.05) is 44.0 Å². The molecule has 0 radical (unpaired) electrons. The Labute approximate surface area is 212 Å². The number of rotatable bonds is 8. The molecule has 2 unspecified atom stereocenters. The van der Waals surface area contributed by atoms with E-state index in [1.807, 2.05) is 41.2 Å². The van der Waals surface area contributed by atoms with Gasteiger partial charge >= 0.3 is 0 Å². The zero-order chi connectivity index (χ0) is 25.6. The van der Waals surface area contributed by atoms with Crippen molar-refractivity contribution in [3.8, 4) is 0 Å². The number of carbonyl (C=O) groups is 2. The number of nitrogens with two attached hydrogens (primary N) is 1. The Balaban J connectivity index is 1.61. The van der Waals surface area contributed by atoms with E-state index < -0.39 is 0 Å². The Hall–Kier alpha value is -2.34. The highest BCUT2D eigenvalue weighted by molar-refractivity contribution is 5.94. The highest BCUT2D eigenvalue weighted by Crippen LogP contribution is 2.44. The first kappa shape index (κ1) is 27.3. The number of amides is 2. The topological polar surface area (TPSA) is 78.7 Å². The van der Waals surface area contributed by atoms with Crippen molar-refractivity contribution in [2.45, 2.75) is 85.1 Å². The van der Waals surface area contributed by atoms with Gasteiger partial charge in [0.1, 0.15) is 5.70 Å². The molecule has 3 N–H and O–H groups in total. The quantitative estimate of drug-likeness (QED) is 0.518. The van der Waals surface area contributed by atoms with Gasteiger partial charge in [0.2, 0.25) is 5.91 Å². The van der Waals surface area contributed by atoms with E-state index in [0.29, 0.717) is 42.2 Å². The lowest BCUT2D eigenvalue weighted by atomic mass is 9.64. The van der Waals surface area contributed by atoms with Crippen LogP contribution in [0.1, 0.15) is 79.1 Å². The van der Waals surface area contributed by atoms with Crippen molar-refractivity contribution in [3.63, 3.8) is 0 Å². The van der Waals surface area contributed by atoms with E-state index in [4.69, 9.17) is 5.73 Å². The molecule has 3 rings (SSSR count). The minimum Gasteiger partial charge on any atom is -0.350 e. The molecule has 1 saturated carbocycles. The second-order valence-electron chi connectivity index (χ2n) is 11.3. The number of nitrogens with zero attached hydrogens (tertiary/aromatic N) is 2. The first-order valence-electron chi connectivity index (χ1n) is 13.5. The standard InChI is InChI=1S/C29H46N4O2/c1-6-24-14-13-23(17-29(24,4)5)19-31-28(35)26-12-9-10-22(3)33(26)20-21(2)16-27(34)32-15-8-7-11-25(32)18-30/h9-10,12,20,23-25H,3,6-8,11,13-19,30H2,1-2,4-5H3,(H,31,35)/b21-20+/t23-,24?,25?/m1/s1. The SMILES string of the molecule is C=C1C=CC=C(C(=O)NC[C@@H]2CCC(CC)C(C)(C)C2)N1/C=C(\C)CC(=O)N1CCCCC1CN. The van der Waals surface area contributed by atoms with Gasteiger partial charge in [-0.2, -0.15) is 0 Å². The van der Waals surface area contributed by atoms with Crippen molar-refractivity contribution in [1.82, 2.24) is 15.1 Å². The second-order valence-corrected chi connectivity index (χ2v) is 11.3. The van der Waals surface area contributed by atoms with Crippen LogP contribution < -0.4 is 11.1 Å². The molecule has 0 spiro atoms. The number of piperidine rings is 1. The van der Waals surface area contributed by atoms with Gasteiger partial charge in [0.15, 0.2) is 0 Å². The highest BCUT2D eigenvalue weighted by Gasteiger charge is 2.35. The molecule has 6 nitrogen and oxygen atoms in total. The lowest BCUT2D eigenvalue weighted by Gasteiger charge is -2.42. The van der Waals surface area contributed by atoms with Crippen molar-refractivity contribution in [2.75, 3.05) is 19.6 Å². The largest absolute Gasteiger partial charge is 0.350 e. The van der Waals surface area contributed by atoms with Crippen LogP contribution >= 0.6 is 0 Å². The summed E-state index contributed by atoms with van der Waals surface area (Å²) in [5, 5.41) is 3.18. The number of hydrogen-bond acceptors (Lipinski definition) is 4. The average molecular weight is 483 g/mol. The van der Waals surface area contributed by atoms with Crippen molar-refractivity contribution in [2.24, 2.45) is 23.0 Å². The van der Waals surface area contributed by atoms with Crippen molar-refractivity contribution < 1.29 is 9.59 Å². The van der Waals surface area contributed by atoms with E-state index in [-0.39, 0.29) is 17.9 Å². The molecular weight excluding hydrogens is 436 g/mol. The summed E-state index contributed by atoms with van der Waals surface area (Å²) in [6.45, 7) is 15.0. The second kappa shape index (κ2) is 12.1. The minimum absolute atomic E-state index is 0.0967. The Kier molecular flexibility index (Phi) is 9.40. The lowest BCUT2D eigenvalue weighted by molar-refractivity contribution is -0.133. The molecule has 3 atom stereocenters. The summed E-state index contributed by atoms with van der Waals surface area (Å²) in [5.41, 5.74) is 8.38. The van der Waals surface area contributed by atoms with E-state index in [2.05, 4.69) is 32.7 Å². The number of nitrogens with one attached hydrogen (secondary N) is 1. The van der Waals surface area contributed by atoms with E-state index in [1.165, 1.54) is 19.3 Å². The van der Waals surface area contributed by atoms with Crippen LogP contribution in [0.25, 0.3) is 0 Å². The molecule has 194 valence electrons. The Morgan fingerprint density at radius 1 is 1.26 bits per heavy atom. The van der Waals surface area contributed by atoms with Gasteiger partial charge < -0.3 is 20.9 Å². The number of allylic oxidation sites excluding steroid dienone is 3. The Morgan fingerprint density at radius 3 is 2.71 bits per heavy atom. The van der Waals surface area contributed by atoms with Crippen LogP contribution in [0.15, 0.2) is 48.0 Å². The normalized spacial score (nSPS) is 27.0. The third kappa shape index (κ3) is 6.87. The molecule has 35 heavy (non-hydrogen) atoms. The monoisotopic (exact) mass is 482 g/mol. The molecule has 3 aliphatic rings. The summed E-state index contributed by atoms with van der Waals surface area (Å²) in [5.74, 6) is 1.27. The van der Waals surface area contributed by atoms with Gasteiger partial charge in [0.05, 0.1) is 0 Å². The summed E-state index contributed by atoms with van der Waals surface area (Å²) >= 11 is 0. The maximum Gasteiger partial charge on any atom is 0.268 e. The Morgan fingerprint density at radius 2 is 2.03 bits per heavy atom. The van der Waals surface area contributed by atoms with Crippen LogP contribution in [0.2, 0.25) is 0 Å². The third-order valence-electron chi connectivity index (χ3n) is 8.23. The molecular formula is C29H46N4O2. The molecule has 2 fully saturated rings. The molecule has 0 aromatic rings. The van der Waals surface area contributed by atoms with Crippen molar-refractivity contribution in [3.05, 3.63) is 48.0 Å². The van der Waals surface area contributed by atoms with Gasteiger partial charge in [-0.05, 0) is 80.4 Å². The van der Waals surface area contributed by atoms with E-state index in [1.54, 1.807) is 0 Å². The predicted molar refractivity (Wildman–Crippen MR) is 143 cm³/mol. The fourth-order valence-electron chi connectivity index (χ4n) is 6.18. The van der Waals surface area contributed by atoms with Crippen LogP contribution in [0, 0.1) is 17.3 Å².